The predicted molar refractivity (Wildman–Crippen MR) is 73.1 cm³/mol. The molecule has 1 aliphatic rings. The summed E-state index contributed by atoms with van der Waals surface area (Å²) in [5.74, 6) is 0.617. The Morgan fingerprint density at radius 3 is 2.65 bits per heavy atom. The number of amides is 1. The van der Waals surface area contributed by atoms with Crippen LogP contribution in [0, 0.1) is 5.92 Å². The monoisotopic (exact) mass is 280 g/mol. The number of hydrogen-bond donors (Lipinski definition) is 2. The molecule has 1 aliphatic heterocycles. The van der Waals surface area contributed by atoms with E-state index in [0.29, 0.717) is 12.5 Å². The Morgan fingerprint density at radius 2 is 2.10 bits per heavy atom. The van der Waals surface area contributed by atoms with Crippen molar-refractivity contribution in [3.63, 3.8) is 0 Å². The number of aromatic nitrogens is 2. The van der Waals surface area contributed by atoms with Crippen LogP contribution in [0.1, 0.15) is 23.2 Å². The number of nitrogens with one attached hydrogen (secondary N) is 2. The second kappa shape index (κ2) is 7.04. The summed E-state index contributed by atoms with van der Waals surface area (Å²) in [5.41, 5.74) is 0.237. The third-order valence-corrected chi connectivity index (χ3v) is 3.34. The first kappa shape index (κ1) is 14.5. The molecule has 1 aromatic rings. The summed E-state index contributed by atoms with van der Waals surface area (Å²) in [7, 11) is 2.92. The van der Waals surface area contributed by atoms with Crippen LogP contribution in [0.2, 0.25) is 0 Å². The molecule has 1 amide bonds. The molecule has 110 valence electrons. The predicted octanol–water partition coefficient (Wildman–Crippen LogP) is 0.223. The van der Waals surface area contributed by atoms with Crippen molar-refractivity contribution in [2.75, 3.05) is 33.9 Å². The Kier molecular flexibility index (Phi) is 5.11. The minimum absolute atomic E-state index is 0.219. The topological polar surface area (TPSA) is 85.4 Å². The molecule has 7 heteroatoms. The Morgan fingerprint density at radius 1 is 1.40 bits per heavy atom. The second-order valence-electron chi connectivity index (χ2n) is 4.69. The lowest BCUT2D eigenvalue weighted by Gasteiger charge is -2.23. The highest BCUT2D eigenvalue weighted by atomic mass is 16.5. The Labute approximate surface area is 118 Å². The van der Waals surface area contributed by atoms with Crippen LogP contribution in [-0.2, 0) is 0 Å². The van der Waals surface area contributed by atoms with Gasteiger partial charge in [0.2, 0.25) is 11.8 Å². The molecule has 1 aromatic heterocycles. The van der Waals surface area contributed by atoms with Gasteiger partial charge in [0.15, 0.2) is 5.56 Å². The highest BCUT2D eigenvalue weighted by Crippen LogP contribution is 2.23. The number of carbonyl (C=O) groups excluding carboxylic acids is 1. The van der Waals surface area contributed by atoms with E-state index in [1.165, 1.54) is 20.5 Å². The van der Waals surface area contributed by atoms with Gasteiger partial charge in [-0.2, -0.15) is 0 Å². The van der Waals surface area contributed by atoms with Crippen LogP contribution >= 0.6 is 0 Å². The molecule has 0 radical (unpaired) electrons. The summed E-state index contributed by atoms with van der Waals surface area (Å²) in [6, 6.07) is 0. The minimum Gasteiger partial charge on any atom is -0.480 e. The van der Waals surface area contributed by atoms with E-state index in [2.05, 4.69) is 20.6 Å². The van der Waals surface area contributed by atoms with E-state index in [4.69, 9.17) is 9.47 Å². The van der Waals surface area contributed by atoms with Gasteiger partial charge < -0.3 is 20.1 Å². The molecular weight excluding hydrogens is 260 g/mol. The van der Waals surface area contributed by atoms with Crippen LogP contribution in [0.4, 0.5) is 0 Å². The van der Waals surface area contributed by atoms with Gasteiger partial charge in [-0.3, -0.25) is 4.79 Å². The van der Waals surface area contributed by atoms with Gasteiger partial charge in [0.25, 0.3) is 5.91 Å². The van der Waals surface area contributed by atoms with Crippen molar-refractivity contribution >= 4 is 5.91 Å². The van der Waals surface area contributed by atoms with Crippen LogP contribution in [0.25, 0.3) is 0 Å². The first-order valence-electron chi connectivity index (χ1n) is 6.68. The van der Waals surface area contributed by atoms with Crippen LogP contribution < -0.4 is 20.1 Å². The van der Waals surface area contributed by atoms with Gasteiger partial charge in [0.05, 0.1) is 14.2 Å². The first-order chi connectivity index (χ1) is 9.76. The number of piperidine rings is 1. The lowest BCUT2D eigenvalue weighted by Crippen LogP contribution is -2.38. The maximum Gasteiger partial charge on any atom is 0.262 e. The smallest absolute Gasteiger partial charge is 0.262 e. The fraction of sp³-hybridized carbons (Fsp3) is 0.615. The summed E-state index contributed by atoms with van der Waals surface area (Å²) >= 11 is 0. The van der Waals surface area contributed by atoms with Crippen molar-refractivity contribution in [2.45, 2.75) is 12.8 Å². The van der Waals surface area contributed by atoms with Crippen molar-refractivity contribution in [1.29, 1.82) is 0 Å². The molecule has 2 rings (SSSR count). The Hall–Kier alpha value is -1.89. The van der Waals surface area contributed by atoms with Crippen LogP contribution in [0.15, 0.2) is 6.33 Å². The third-order valence-electron chi connectivity index (χ3n) is 3.34. The van der Waals surface area contributed by atoms with Crippen LogP contribution in [-0.4, -0.2) is 49.7 Å². The van der Waals surface area contributed by atoms with Gasteiger partial charge in [-0.1, -0.05) is 0 Å². The van der Waals surface area contributed by atoms with Crippen molar-refractivity contribution < 1.29 is 14.3 Å². The summed E-state index contributed by atoms with van der Waals surface area (Å²) in [6.07, 6.45) is 3.56. The van der Waals surface area contributed by atoms with E-state index in [1.54, 1.807) is 0 Å². The van der Waals surface area contributed by atoms with Crippen LogP contribution in [0.3, 0.4) is 0 Å². The average Bonchev–Trinajstić information content (AvgIpc) is 2.52. The van der Waals surface area contributed by atoms with Gasteiger partial charge in [-0.05, 0) is 31.8 Å². The molecular formula is C13H20N4O3. The molecule has 2 heterocycles. The molecule has 0 unspecified atom stereocenters. The number of hydrogen-bond acceptors (Lipinski definition) is 6. The Balaban J connectivity index is 2.04. The molecule has 7 nitrogen and oxygen atoms in total. The average molecular weight is 280 g/mol. The fourth-order valence-electron chi connectivity index (χ4n) is 2.28. The summed E-state index contributed by atoms with van der Waals surface area (Å²) in [5, 5.41) is 6.22. The van der Waals surface area contributed by atoms with Crippen molar-refractivity contribution in [2.24, 2.45) is 5.92 Å². The van der Waals surface area contributed by atoms with E-state index >= 15 is 0 Å². The summed E-state index contributed by atoms with van der Waals surface area (Å²) in [6.45, 7) is 2.60. The van der Waals surface area contributed by atoms with E-state index in [0.717, 1.165) is 25.9 Å². The number of rotatable bonds is 5. The van der Waals surface area contributed by atoms with Gasteiger partial charge in [-0.25, -0.2) is 9.97 Å². The van der Waals surface area contributed by atoms with E-state index in [-0.39, 0.29) is 23.2 Å². The van der Waals surface area contributed by atoms with Gasteiger partial charge >= 0.3 is 0 Å². The zero-order valence-electron chi connectivity index (χ0n) is 11.8. The molecule has 0 spiro atoms. The molecule has 20 heavy (non-hydrogen) atoms. The van der Waals surface area contributed by atoms with E-state index < -0.39 is 0 Å². The molecule has 0 aromatic carbocycles. The zero-order chi connectivity index (χ0) is 14.4. The fourth-order valence-corrected chi connectivity index (χ4v) is 2.28. The number of nitrogens with zero attached hydrogens (tertiary/aromatic N) is 2. The number of methoxy groups -OCH3 is 2. The summed E-state index contributed by atoms with van der Waals surface area (Å²) < 4.78 is 10.2. The van der Waals surface area contributed by atoms with Gasteiger partial charge in [0.1, 0.15) is 6.33 Å². The normalized spacial score (nSPS) is 18.4. The standard InChI is InChI=1S/C13H20N4O3/c1-19-12-10(13(20-2)17-8-16-12)11(18)15-7-9-4-3-5-14-6-9/h8-9,14H,3-7H2,1-2H3,(H,15,18)/t9-/m1/s1. The molecule has 1 saturated heterocycles. The lowest BCUT2D eigenvalue weighted by atomic mass is 10.00. The van der Waals surface area contributed by atoms with E-state index in [1.807, 2.05) is 0 Å². The highest BCUT2D eigenvalue weighted by molar-refractivity contribution is 5.98. The third kappa shape index (κ3) is 3.36. The quantitative estimate of drug-likeness (QED) is 0.802. The molecule has 1 atom stereocenters. The molecule has 1 fully saturated rings. The molecule has 0 saturated carbocycles. The zero-order valence-corrected chi connectivity index (χ0v) is 11.8. The maximum absolute atomic E-state index is 12.3. The lowest BCUT2D eigenvalue weighted by molar-refractivity contribution is 0.0936. The molecule has 0 aliphatic carbocycles. The largest absolute Gasteiger partial charge is 0.480 e. The minimum atomic E-state index is -0.273. The van der Waals surface area contributed by atoms with Crippen molar-refractivity contribution in [3.8, 4) is 11.8 Å². The number of ether oxygens (including phenoxy) is 2. The SMILES string of the molecule is COc1ncnc(OC)c1C(=O)NC[C@@H]1CCCNC1. The Bertz CT molecular complexity index is 439. The first-order valence-corrected chi connectivity index (χ1v) is 6.68. The molecule has 2 N–H and O–H groups in total. The van der Waals surface area contributed by atoms with Crippen molar-refractivity contribution in [3.05, 3.63) is 11.9 Å². The maximum atomic E-state index is 12.3. The van der Waals surface area contributed by atoms with Gasteiger partial charge in [0, 0.05) is 6.54 Å². The molecule has 0 bridgehead atoms. The van der Waals surface area contributed by atoms with Crippen molar-refractivity contribution in [1.82, 2.24) is 20.6 Å². The van der Waals surface area contributed by atoms with Crippen LogP contribution in [0.5, 0.6) is 11.8 Å². The van der Waals surface area contributed by atoms with E-state index in [9.17, 15) is 4.79 Å². The van der Waals surface area contributed by atoms with Gasteiger partial charge in [-0.15, -0.1) is 0 Å². The highest BCUT2D eigenvalue weighted by Gasteiger charge is 2.22. The number of carbonyl (C=O) groups is 1. The second-order valence-corrected chi connectivity index (χ2v) is 4.69. The summed E-state index contributed by atoms with van der Waals surface area (Å²) in [4.78, 5) is 20.1.